The summed E-state index contributed by atoms with van der Waals surface area (Å²) in [6, 6.07) is 1.56. The first-order valence-corrected chi connectivity index (χ1v) is 7.62. The Labute approximate surface area is 125 Å². The molecule has 0 saturated heterocycles. The maximum atomic E-state index is 14.3. The zero-order valence-electron chi connectivity index (χ0n) is 13.0. The highest BCUT2D eigenvalue weighted by Gasteiger charge is 2.32. The van der Waals surface area contributed by atoms with Crippen LogP contribution in [0.15, 0.2) is 12.3 Å². The molecule has 1 aromatic rings. The zero-order chi connectivity index (χ0) is 15.5. The van der Waals surface area contributed by atoms with Gasteiger partial charge in [-0.3, -0.25) is 4.79 Å². The molecule has 0 bridgehead atoms. The lowest BCUT2D eigenvalue weighted by Gasteiger charge is -2.18. The second-order valence-electron chi connectivity index (χ2n) is 6.53. The van der Waals surface area contributed by atoms with E-state index in [1.807, 2.05) is 6.92 Å². The van der Waals surface area contributed by atoms with Crippen LogP contribution >= 0.6 is 0 Å². The average molecular weight is 293 g/mol. The second kappa shape index (κ2) is 6.41. The Balaban J connectivity index is 2.05. The van der Waals surface area contributed by atoms with E-state index < -0.39 is 5.82 Å². The van der Waals surface area contributed by atoms with E-state index in [0.717, 1.165) is 25.7 Å². The first kappa shape index (κ1) is 15.7. The molecule has 1 amide bonds. The van der Waals surface area contributed by atoms with E-state index >= 15 is 0 Å². The van der Waals surface area contributed by atoms with E-state index in [4.69, 9.17) is 0 Å². The highest BCUT2D eigenvalue weighted by Crippen LogP contribution is 2.37. The second-order valence-corrected chi connectivity index (χ2v) is 6.53. The molecule has 1 saturated carbocycles. The number of pyridine rings is 1. The van der Waals surface area contributed by atoms with E-state index in [0.29, 0.717) is 6.54 Å². The molecule has 1 atom stereocenters. The predicted molar refractivity (Wildman–Crippen MR) is 81.9 cm³/mol. The van der Waals surface area contributed by atoms with Crippen molar-refractivity contribution in [1.82, 2.24) is 10.3 Å². The van der Waals surface area contributed by atoms with Crippen LogP contribution in [0.25, 0.3) is 0 Å². The summed E-state index contributed by atoms with van der Waals surface area (Å²) in [6.07, 6.45) is 5.31. The van der Waals surface area contributed by atoms with Gasteiger partial charge in [-0.1, -0.05) is 20.8 Å². The highest BCUT2D eigenvalue weighted by atomic mass is 19.1. The number of rotatable bonds is 5. The molecule has 1 aromatic heterocycles. The predicted octanol–water partition coefficient (Wildman–Crippen LogP) is 3.35. The minimum atomic E-state index is -0.569. The molecule has 1 fully saturated rings. The molecule has 21 heavy (non-hydrogen) atoms. The van der Waals surface area contributed by atoms with Gasteiger partial charge in [-0.25, -0.2) is 9.37 Å². The number of hydrogen-bond acceptors (Lipinski definition) is 3. The first-order valence-electron chi connectivity index (χ1n) is 7.62. The maximum absolute atomic E-state index is 14.3. The van der Waals surface area contributed by atoms with E-state index in [2.05, 4.69) is 29.5 Å². The molecule has 2 rings (SSSR count). The number of amides is 1. The fourth-order valence-electron chi connectivity index (χ4n) is 2.81. The maximum Gasteiger partial charge on any atom is 0.254 e. The summed E-state index contributed by atoms with van der Waals surface area (Å²) < 4.78 is 14.3. The van der Waals surface area contributed by atoms with Crippen molar-refractivity contribution in [3.05, 3.63) is 23.6 Å². The number of anilines is 1. The molecule has 116 valence electrons. The number of halogens is 1. The molecular formula is C16H24FN3O. The third kappa shape index (κ3) is 3.93. The lowest BCUT2D eigenvalue weighted by atomic mass is 9.92. The summed E-state index contributed by atoms with van der Waals surface area (Å²) in [5.74, 6) is -0.769. The van der Waals surface area contributed by atoms with Crippen LogP contribution in [0, 0.1) is 11.2 Å². The van der Waals surface area contributed by atoms with Crippen molar-refractivity contribution in [2.75, 3.05) is 11.9 Å². The minimum absolute atomic E-state index is 0.0632. The molecule has 1 heterocycles. The summed E-state index contributed by atoms with van der Waals surface area (Å²) in [7, 11) is 0. The SMILES string of the molecule is CCCNc1nccc(C(=O)NC2CCC(C)(C)C2)c1F. The van der Waals surface area contributed by atoms with Gasteiger partial charge in [-0.05, 0) is 37.2 Å². The van der Waals surface area contributed by atoms with Crippen LogP contribution < -0.4 is 10.6 Å². The number of hydrogen-bond donors (Lipinski definition) is 2. The van der Waals surface area contributed by atoms with Crippen LogP contribution in [0.4, 0.5) is 10.2 Å². The molecule has 0 spiro atoms. The van der Waals surface area contributed by atoms with Gasteiger partial charge in [0.2, 0.25) is 0 Å². The Kier molecular flexibility index (Phi) is 4.80. The fraction of sp³-hybridized carbons (Fsp3) is 0.625. The standard InChI is InChI=1S/C16H24FN3O/c1-4-8-18-14-13(17)12(6-9-19-14)15(21)20-11-5-7-16(2,3)10-11/h6,9,11H,4-5,7-8,10H2,1-3H3,(H,18,19)(H,20,21). The van der Waals surface area contributed by atoms with Gasteiger partial charge in [0.05, 0.1) is 5.56 Å². The lowest BCUT2D eigenvalue weighted by Crippen LogP contribution is -2.34. The van der Waals surface area contributed by atoms with Gasteiger partial charge in [0, 0.05) is 18.8 Å². The Morgan fingerprint density at radius 1 is 1.52 bits per heavy atom. The molecule has 0 aliphatic heterocycles. The molecule has 4 nitrogen and oxygen atoms in total. The van der Waals surface area contributed by atoms with E-state index in [9.17, 15) is 9.18 Å². The Hall–Kier alpha value is -1.65. The third-order valence-electron chi connectivity index (χ3n) is 3.98. The summed E-state index contributed by atoms with van der Waals surface area (Å²) in [5.41, 5.74) is 0.316. The average Bonchev–Trinajstić information content (AvgIpc) is 2.76. The van der Waals surface area contributed by atoms with Crippen molar-refractivity contribution in [2.45, 2.75) is 52.5 Å². The smallest absolute Gasteiger partial charge is 0.254 e. The van der Waals surface area contributed by atoms with Gasteiger partial charge < -0.3 is 10.6 Å². The summed E-state index contributed by atoms with van der Waals surface area (Å²) in [4.78, 5) is 16.2. The first-order chi connectivity index (χ1) is 9.93. The van der Waals surface area contributed by atoms with Crippen LogP contribution in [-0.4, -0.2) is 23.5 Å². The number of carbonyl (C=O) groups is 1. The van der Waals surface area contributed by atoms with Gasteiger partial charge in [-0.15, -0.1) is 0 Å². The normalized spacial score (nSPS) is 20.3. The zero-order valence-corrected chi connectivity index (χ0v) is 13.0. The monoisotopic (exact) mass is 293 g/mol. The molecule has 0 radical (unpaired) electrons. The van der Waals surface area contributed by atoms with Crippen LogP contribution in [0.5, 0.6) is 0 Å². The molecule has 2 N–H and O–H groups in total. The molecule has 1 unspecified atom stereocenters. The third-order valence-corrected chi connectivity index (χ3v) is 3.98. The number of nitrogens with zero attached hydrogens (tertiary/aromatic N) is 1. The lowest BCUT2D eigenvalue weighted by molar-refractivity contribution is 0.0932. The van der Waals surface area contributed by atoms with E-state index in [-0.39, 0.29) is 28.7 Å². The van der Waals surface area contributed by atoms with E-state index in [1.165, 1.54) is 12.3 Å². The number of carbonyl (C=O) groups excluding carboxylic acids is 1. The van der Waals surface area contributed by atoms with Gasteiger partial charge in [-0.2, -0.15) is 0 Å². The summed E-state index contributed by atoms with van der Waals surface area (Å²) >= 11 is 0. The molecular weight excluding hydrogens is 269 g/mol. The van der Waals surface area contributed by atoms with Crippen molar-refractivity contribution in [3.8, 4) is 0 Å². The highest BCUT2D eigenvalue weighted by molar-refractivity contribution is 5.95. The van der Waals surface area contributed by atoms with Gasteiger partial charge >= 0.3 is 0 Å². The molecule has 1 aliphatic rings. The van der Waals surface area contributed by atoms with Crippen LogP contribution in [-0.2, 0) is 0 Å². The van der Waals surface area contributed by atoms with Gasteiger partial charge in [0.25, 0.3) is 5.91 Å². The largest absolute Gasteiger partial charge is 0.368 e. The van der Waals surface area contributed by atoms with Crippen molar-refractivity contribution in [2.24, 2.45) is 5.41 Å². The van der Waals surface area contributed by atoms with Crippen molar-refractivity contribution < 1.29 is 9.18 Å². The van der Waals surface area contributed by atoms with Crippen molar-refractivity contribution in [3.63, 3.8) is 0 Å². The van der Waals surface area contributed by atoms with E-state index in [1.54, 1.807) is 0 Å². The van der Waals surface area contributed by atoms with Crippen LogP contribution in [0.3, 0.4) is 0 Å². The Morgan fingerprint density at radius 2 is 2.29 bits per heavy atom. The van der Waals surface area contributed by atoms with Crippen molar-refractivity contribution >= 4 is 11.7 Å². The summed E-state index contributed by atoms with van der Waals surface area (Å²) in [6.45, 7) is 7.01. The minimum Gasteiger partial charge on any atom is -0.368 e. The van der Waals surface area contributed by atoms with Crippen LogP contribution in [0.2, 0.25) is 0 Å². The van der Waals surface area contributed by atoms with Crippen LogP contribution in [0.1, 0.15) is 56.8 Å². The number of nitrogens with one attached hydrogen (secondary N) is 2. The topological polar surface area (TPSA) is 54.0 Å². The molecule has 1 aliphatic carbocycles. The van der Waals surface area contributed by atoms with Gasteiger partial charge in [0.15, 0.2) is 11.6 Å². The quantitative estimate of drug-likeness (QED) is 0.875. The Bertz CT molecular complexity index is 516. The molecule has 5 heteroatoms. The Morgan fingerprint density at radius 3 is 2.90 bits per heavy atom. The van der Waals surface area contributed by atoms with Gasteiger partial charge in [0.1, 0.15) is 0 Å². The summed E-state index contributed by atoms with van der Waals surface area (Å²) in [5, 5.41) is 5.84. The molecule has 0 aromatic carbocycles. The fourth-order valence-corrected chi connectivity index (χ4v) is 2.81. The number of aromatic nitrogens is 1. The van der Waals surface area contributed by atoms with Crippen molar-refractivity contribution in [1.29, 1.82) is 0 Å².